The van der Waals surface area contributed by atoms with E-state index in [1.807, 2.05) is 0 Å². The van der Waals surface area contributed by atoms with Crippen molar-refractivity contribution >= 4 is 6.29 Å². The Morgan fingerprint density at radius 1 is 1.55 bits per heavy atom. The highest BCUT2D eigenvalue weighted by Gasteiger charge is 2.07. The van der Waals surface area contributed by atoms with Gasteiger partial charge in [0.25, 0.3) is 6.43 Å². The van der Waals surface area contributed by atoms with Gasteiger partial charge in [-0.05, 0) is 12.1 Å². The lowest BCUT2D eigenvalue weighted by molar-refractivity contribution is 0.112. The number of hydrogen-bond donors (Lipinski definition) is 0. The van der Waals surface area contributed by atoms with Crippen molar-refractivity contribution in [3.05, 3.63) is 29.6 Å². The number of hydrogen-bond acceptors (Lipinski definition) is 2. The lowest BCUT2D eigenvalue weighted by Crippen LogP contribution is -1.91. The maximum absolute atomic E-state index is 11.9. The molecule has 4 heteroatoms. The molecule has 0 saturated heterocycles. The number of halogens is 2. The number of carbonyl (C=O) groups is 1. The number of aromatic nitrogens is 1. The first-order valence-electron chi connectivity index (χ1n) is 2.93. The first kappa shape index (κ1) is 7.78. The van der Waals surface area contributed by atoms with Crippen molar-refractivity contribution in [3.63, 3.8) is 0 Å². The van der Waals surface area contributed by atoms with Crippen LogP contribution in [0, 0.1) is 0 Å². The Bertz CT molecular complexity index is 262. The fraction of sp³-hybridized carbons (Fsp3) is 0.143. The zero-order chi connectivity index (χ0) is 8.27. The van der Waals surface area contributed by atoms with E-state index < -0.39 is 6.43 Å². The fourth-order valence-electron chi connectivity index (χ4n) is 0.658. The molecular formula is C7H5F2NO. The van der Waals surface area contributed by atoms with Crippen molar-refractivity contribution in [1.29, 1.82) is 0 Å². The van der Waals surface area contributed by atoms with Gasteiger partial charge in [0, 0.05) is 11.8 Å². The molecule has 0 fully saturated rings. The summed E-state index contributed by atoms with van der Waals surface area (Å²) in [6.45, 7) is 0. The van der Waals surface area contributed by atoms with Gasteiger partial charge in [0.15, 0.2) is 0 Å². The molecule has 1 heterocycles. The summed E-state index contributed by atoms with van der Waals surface area (Å²) in [6.07, 6.45) is -0.923. The number of carbonyl (C=O) groups excluding carboxylic acids is 1. The second kappa shape index (κ2) is 3.18. The molecular weight excluding hydrogens is 152 g/mol. The highest BCUT2D eigenvalue weighted by atomic mass is 19.3. The molecule has 0 aliphatic carbocycles. The van der Waals surface area contributed by atoms with Gasteiger partial charge in [-0.3, -0.25) is 9.78 Å². The number of aldehydes is 1. The number of rotatable bonds is 2. The van der Waals surface area contributed by atoms with Crippen molar-refractivity contribution in [2.75, 3.05) is 0 Å². The zero-order valence-electron chi connectivity index (χ0n) is 5.50. The van der Waals surface area contributed by atoms with E-state index >= 15 is 0 Å². The Labute approximate surface area is 61.9 Å². The van der Waals surface area contributed by atoms with Gasteiger partial charge >= 0.3 is 0 Å². The summed E-state index contributed by atoms with van der Waals surface area (Å²) in [4.78, 5) is 13.5. The molecule has 0 atom stereocenters. The van der Waals surface area contributed by atoms with E-state index in [-0.39, 0.29) is 11.3 Å². The molecule has 1 aromatic heterocycles. The van der Waals surface area contributed by atoms with Crippen LogP contribution < -0.4 is 0 Å². The second-order valence-electron chi connectivity index (χ2n) is 1.93. The van der Waals surface area contributed by atoms with E-state index in [0.717, 1.165) is 6.07 Å². The third kappa shape index (κ3) is 1.80. The Kier molecular flexibility index (Phi) is 2.25. The van der Waals surface area contributed by atoms with Crippen LogP contribution in [0.3, 0.4) is 0 Å². The zero-order valence-corrected chi connectivity index (χ0v) is 5.50. The topological polar surface area (TPSA) is 30.0 Å². The quantitative estimate of drug-likeness (QED) is 0.613. The van der Waals surface area contributed by atoms with Gasteiger partial charge < -0.3 is 0 Å². The highest BCUT2D eigenvalue weighted by molar-refractivity contribution is 5.74. The highest BCUT2D eigenvalue weighted by Crippen LogP contribution is 2.15. The Morgan fingerprint density at radius 2 is 2.27 bits per heavy atom. The fourth-order valence-corrected chi connectivity index (χ4v) is 0.658. The Morgan fingerprint density at radius 3 is 2.82 bits per heavy atom. The summed E-state index contributed by atoms with van der Waals surface area (Å²) in [7, 11) is 0. The van der Waals surface area contributed by atoms with Crippen LogP contribution in [-0.2, 0) is 0 Å². The SMILES string of the molecule is O=Cc1ccnc(C(F)F)c1. The lowest BCUT2D eigenvalue weighted by Gasteiger charge is -1.96. The first-order chi connectivity index (χ1) is 5.24. The maximum atomic E-state index is 11.9. The predicted molar refractivity (Wildman–Crippen MR) is 34.6 cm³/mol. The van der Waals surface area contributed by atoms with E-state index in [9.17, 15) is 13.6 Å². The van der Waals surface area contributed by atoms with Gasteiger partial charge in [0.05, 0.1) is 0 Å². The number of pyridine rings is 1. The van der Waals surface area contributed by atoms with Crippen molar-refractivity contribution in [1.82, 2.24) is 4.98 Å². The van der Waals surface area contributed by atoms with Gasteiger partial charge in [-0.1, -0.05) is 0 Å². The molecule has 1 rings (SSSR count). The molecule has 2 nitrogen and oxygen atoms in total. The molecule has 0 amide bonds. The van der Waals surface area contributed by atoms with Crippen molar-refractivity contribution in [3.8, 4) is 0 Å². The van der Waals surface area contributed by atoms with Crippen molar-refractivity contribution in [2.45, 2.75) is 6.43 Å². The normalized spacial score (nSPS) is 10.1. The average molecular weight is 157 g/mol. The molecule has 58 valence electrons. The van der Waals surface area contributed by atoms with Gasteiger partial charge in [0.2, 0.25) is 0 Å². The van der Waals surface area contributed by atoms with Gasteiger partial charge in [-0.2, -0.15) is 0 Å². The van der Waals surface area contributed by atoms with Crippen LogP contribution in [0.2, 0.25) is 0 Å². The van der Waals surface area contributed by atoms with Gasteiger partial charge in [-0.15, -0.1) is 0 Å². The lowest BCUT2D eigenvalue weighted by atomic mass is 10.2. The summed E-state index contributed by atoms with van der Waals surface area (Å²) in [5, 5.41) is 0. The number of alkyl halides is 2. The third-order valence-electron chi connectivity index (χ3n) is 1.16. The summed E-state index contributed by atoms with van der Waals surface area (Å²) >= 11 is 0. The van der Waals surface area contributed by atoms with Crippen LogP contribution in [0.4, 0.5) is 8.78 Å². The van der Waals surface area contributed by atoms with E-state index in [2.05, 4.69) is 4.98 Å². The Balaban J connectivity index is 3.00. The molecule has 0 spiro atoms. The smallest absolute Gasteiger partial charge is 0.280 e. The molecule has 0 saturated carbocycles. The third-order valence-corrected chi connectivity index (χ3v) is 1.16. The summed E-state index contributed by atoms with van der Waals surface area (Å²) in [5.74, 6) is 0. The standard InChI is InChI=1S/C7H5F2NO/c8-7(9)6-3-5(4-11)1-2-10-6/h1-4,7H. The van der Waals surface area contributed by atoms with Crippen LogP contribution in [0.1, 0.15) is 22.5 Å². The summed E-state index contributed by atoms with van der Waals surface area (Å²) < 4.78 is 23.8. The second-order valence-corrected chi connectivity index (χ2v) is 1.93. The minimum atomic E-state index is -2.62. The van der Waals surface area contributed by atoms with Crippen LogP contribution in [0.5, 0.6) is 0 Å². The summed E-state index contributed by atoms with van der Waals surface area (Å²) in [6, 6.07) is 2.44. The summed E-state index contributed by atoms with van der Waals surface area (Å²) in [5.41, 5.74) is -0.148. The van der Waals surface area contributed by atoms with Crippen molar-refractivity contribution in [2.24, 2.45) is 0 Å². The minimum Gasteiger partial charge on any atom is -0.298 e. The van der Waals surface area contributed by atoms with E-state index in [1.54, 1.807) is 0 Å². The molecule has 0 aliphatic rings. The molecule has 0 unspecified atom stereocenters. The maximum Gasteiger partial charge on any atom is 0.280 e. The monoisotopic (exact) mass is 157 g/mol. The largest absolute Gasteiger partial charge is 0.298 e. The molecule has 0 radical (unpaired) electrons. The molecule has 0 aliphatic heterocycles. The minimum absolute atomic E-state index is 0.218. The van der Waals surface area contributed by atoms with Crippen LogP contribution in [0.25, 0.3) is 0 Å². The van der Waals surface area contributed by atoms with E-state index in [0.29, 0.717) is 6.29 Å². The van der Waals surface area contributed by atoms with Gasteiger partial charge in [0.1, 0.15) is 12.0 Å². The van der Waals surface area contributed by atoms with Crippen LogP contribution >= 0.6 is 0 Å². The van der Waals surface area contributed by atoms with Gasteiger partial charge in [-0.25, -0.2) is 8.78 Å². The van der Waals surface area contributed by atoms with E-state index in [1.165, 1.54) is 12.3 Å². The Hall–Kier alpha value is -1.32. The molecule has 0 bridgehead atoms. The first-order valence-corrected chi connectivity index (χ1v) is 2.93. The van der Waals surface area contributed by atoms with Crippen molar-refractivity contribution < 1.29 is 13.6 Å². The van der Waals surface area contributed by atoms with E-state index in [4.69, 9.17) is 0 Å². The van der Waals surface area contributed by atoms with Crippen LogP contribution in [0.15, 0.2) is 18.3 Å². The predicted octanol–water partition coefficient (Wildman–Crippen LogP) is 1.83. The molecule has 0 aromatic carbocycles. The number of nitrogens with zero attached hydrogens (tertiary/aromatic N) is 1. The van der Waals surface area contributed by atoms with Crippen LogP contribution in [-0.4, -0.2) is 11.3 Å². The molecule has 11 heavy (non-hydrogen) atoms. The molecule has 0 N–H and O–H groups in total. The average Bonchev–Trinajstić information content (AvgIpc) is 2.05. The molecule has 1 aromatic rings.